The molecule has 1 N–H and O–H groups in total. The van der Waals surface area contributed by atoms with Crippen LogP contribution in [-0.2, 0) is 11.0 Å². The fourth-order valence-corrected chi connectivity index (χ4v) is 3.46. The van der Waals surface area contributed by atoms with Gasteiger partial charge in [0.15, 0.2) is 0 Å². The third-order valence-corrected chi connectivity index (χ3v) is 4.79. The van der Waals surface area contributed by atoms with Crippen molar-refractivity contribution in [2.45, 2.75) is 58.3 Å². The van der Waals surface area contributed by atoms with E-state index in [0.29, 0.717) is 25.0 Å². The average Bonchev–Trinajstić information content (AvgIpc) is 3.30. The van der Waals surface area contributed by atoms with Crippen molar-refractivity contribution in [1.29, 1.82) is 0 Å². The number of carbonyl (C=O) groups excluding carboxylic acids is 1. The summed E-state index contributed by atoms with van der Waals surface area (Å²) in [6.07, 6.45) is -3.90. The topological polar surface area (TPSA) is 32.3 Å². The van der Waals surface area contributed by atoms with Gasteiger partial charge in [0.25, 0.3) is 0 Å². The molecule has 0 heterocycles. The van der Waals surface area contributed by atoms with Gasteiger partial charge in [0.05, 0.1) is 5.56 Å². The van der Waals surface area contributed by atoms with Crippen molar-refractivity contribution < 1.29 is 18.0 Å². The lowest BCUT2D eigenvalue weighted by Gasteiger charge is -2.30. The molecule has 1 aliphatic rings. The summed E-state index contributed by atoms with van der Waals surface area (Å²) in [4.78, 5) is 14.5. The molecule has 2 rings (SSSR count). The van der Waals surface area contributed by atoms with Gasteiger partial charge in [0.2, 0.25) is 5.91 Å². The van der Waals surface area contributed by atoms with E-state index in [9.17, 15) is 18.0 Å². The molecule has 0 bridgehead atoms. The van der Waals surface area contributed by atoms with E-state index in [2.05, 4.69) is 37.9 Å². The molecule has 0 aliphatic heterocycles. The highest BCUT2D eigenvalue weighted by Gasteiger charge is 2.47. The van der Waals surface area contributed by atoms with Crippen molar-refractivity contribution in [3.05, 3.63) is 35.4 Å². The van der Waals surface area contributed by atoms with Crippen LogP contribution in [0, 0.1) is 5.92 Å². The summed E-state index contributed by atoms with van der Waals surface area (Å²) in [5, 5.41) is 2.88. The Balaban J connectivity index is 1.91. The van der Waals surface area contributed by atoms with Crippen LogP contribution in [0.3, 0.4) is 0 Å². The standard InChI is InChI=1S/C19H27F3N2O/c1-12(2)24(13(3)4)10-9-23-18(25)16-11-15(16)14-7-5-6-8-17(14)19(20,21)22/h5-8,12-13,15-16H,9-11H2,1-4H3,(H,23,25). The van der Waals surface area contributed by atoms with Crippen LogP contribution in [0.5, 0.6) is 0 Å². The fraction of sp³-hybridized carbons (Fsp3) is 0.632. The minimum absolute atomic E-state index is 0.144. The first-order valence-electron chi connectivity index (χ1n) is 8.82. The van der Waals surface area contributed by atoms with E-state index in [4.69, 9.17) is 0 Å². The van der Waals surface area contributed by atoms with Crippen molar-refractivity contribution in [2.24, 2.45) is 5.92 Å². The van der Waals surface area contributed by atoms with Crippen LogP contribution in [0.15, 0.2) is 24.3 Å². The molecule has 6 heteroatoms. The Morgan fingerprint density at radius 1 is 1.20 bits per heavy atom. The molecule has 25 heavy (non-hydrogen) atoms. The number of nitrogens with one attached hydrogen (secondary N) is 1. The molecule has 0 saturated heterocycles. The predicted octanol–water partition coefficient (Wildman–Crippen LogP) is 4.04. The van der Waals surface area contributed by atoms with Crippen LogP contribution in [-0.4, -0.2) is 36.0 Å². The van der Waals surface area contributed by atoms with E-state index in [0.717, 1.165) is 12.6 Å². The van der Waals surface area contributed by atoms with Crippen LogP contribution < -0.4 is 5.32 Å². The van der Waals surface area contributed by atoms with Crippen LogP contribution in [0.1, 0.15) is 51.2 Å². The minimum Gasteiger partial charge on any atom is -0.355 e. The van der Waals surface area contributed by atoms with Crippen molar-refractivity contribution in [3.8, 4) is 0 Å². The molecule has 2 unspecified atom stereocenters. The van der Waals surface area contributed by atoms with Gasteiger partial charge in [-0.3, -0.25) is 9.69 Å². The van der Waals surface area contributed by atoms with E-state index in [1.165, 1.54) is 12.1 Å². The molecule has 0 spiro atoms. The molecule has 140 valence electrons. The normalized spacial score (nSPS) is 20.4. The largest absolute Gasteiger partial charge is 0.416 e. The highest BCUT2D eigenvalue weighted by Crippen LogP contribution is 2.50. The van der Waals surface area contributed by atoms with E-state index in [1.54, 1.807) is 6.07 Å². The SMILES string of the molecule is CC(C)N(CCNC(=O)C1CC1c1ccccc1C(F)(F)F)C(C)C. The lowest BCUT2D eigenvalue weighted by Crippen LogP contribution is -2.42. The Kier molecular flexibility index (Phi) is 6.14. The van der Waals surface area contributed by atoms with Gasteiger partial charge in [0.1, 0.15) is 0 Å². The number of carbonyl (C=O) groups is 1. The molecule has 2 atom stereocenters. The van der Waals surface area contributed by atoms with E-state index >= 15 is 0 Å². The van der Waals surface area contributed by atoms with Gasteiger partial charge in [0, 0.05) is 31.1 Å². The molecule has 3 nitrogen and oxygen atoms in total. The number of halogens is 3. The second-order valence-corrected chi connectivity index (χ2v) is 7.25. The lowest BCUT2D eigenvalue weighted by atomic mass is 10.0. The molecule has 1 saturated carbocycles. The van der Waals surface area contributed by atoms with Gasteiger partial charge < -0.3 is 5.32 Å². The summed E-state index contributed by atoms with van der Waals surface area (Å²) < 4.78 is 39.3. The fourth-order valence-electron chi connectivity index (χ4n) is 3.46. The Bertz CT molecular complexity index is 591. The smallest absolute Gasteiger partial charge is 0.355 e. The number of alkyl halides is 3. The van der Waals surface area contributed by atoms with E-state index < -0.39 is 11.7 Å². The van der Waals surface area contributed by atoms with Crippen LogP contribution in [0.2, 0.25) is 0 Å². The van der Waals surface area contributed by atoms with Gasteiger partial charge in [-0.15, -0.1) is 0 Å². The van der Waals surface area contributed by atoms with Crippen LogP contribution in [0.25, 0.3) is 0 Å². The number of hydrogen-bond acceptors (Lipinski definition) is 2. The molecule has 1 amide bonds. The molecule has 1 aromatic carbocycles. The van der Waals surface area contributed by atoms with Crippen LogP contribution in [0.4, 0.5) is 13.2 Å². The quantitative estimate of drug-likeness (QED) is 0.800. The highest BCUT2D eigenvalue weighted by molar-refractivity contribution is 5.83. The summed E-state index contributed by atoms with van der Waals surface area (Å²) in [5.41, 5.74) is -0.387. The first-order valence-corrected chi connectivity index (χ1v) is 8.82. The second-order valence-electron chi connectivity index (χ2n) is 7.25. The van der Waals surface area contributed by atoms with Crippen molar-refractivity contribution in [3.63, 3.8) is 0 Å². The van der Waals surface area contributed by atoms with E-state index in [-0.39, 0.29) is 23.3 Å². The van der Waals surface area contributed by atoms with Crippen molar-refractivity contribution in [1.82, 2.24) is 10.2 Å². The number of nitrogens with zero attached hydrogens (tertiary/aromatic N) is 1. The van der Waals surface area contributed by atoms with Gasteiger partial charge in [-0.05, 0) is 51.7 Å². The molecule has 1 aromatic rings. The molecule has 1 aliphatic carbocycles. The van der Waals surface area contributed by atoms with Gasteiger partial charge in [-0.25, -0.2) is 0 Å². The summed E-state index contributed by atoms with van der Waals surface area (Å²) in [7, 11) is 0. The third-order valence-electron chi connectivity index (χ3n) is 4.79. The Morgan fingerprint density at radius 2 is 1.80 bits per heavy atom. The van der Waals surface area contributed by atoms with Crippen LogP contribution >= 0.6 is 0 Å². The zero-order valence-electron chi connectivity index (χ0n) is 15.2. The summed E-state index contributed by atoms with van der Waals surface area (Å²) in [5.74, 6) is -0.825. The predicted molar refractivity (Wildman–Crippen MR) is 92.3 cm³/mol. The first-order chi connectivity index (χ1) is 11.6. The zero-order valence-corrected chi connectivity index (χ0v) is 15.2. The van der Waals surface area contributed by atoms with Gasteiger partial charge in [-0.1, -0.05) is 18.2 Å². The summed E-state index contributed by atoms with van der Waals surface area (Å²) in [6.45, 7) is 9.66. The number of rotatable bonds is 7. The van der Waals surface area contributed by atoms with Crippen molar-refractivity contribution in [2.75, 3.05) is 13.1 Å². The first kappa shape index (κ1) is 19.8. The number of amides is 1. The Morgan fingerprint density at radius 3 is 2.36 bits per heavy atom. The highest BCUT2D eigenvalue weighted by atomic mass is 19.4. The van der Waals surface area contributed by atoms with E-state index in [1.807, 2.05) is 0 Å². The maximum atomic E-state index is 13.1. The molecule has 1 fully saturated rings. The molecule has 0 radical (unpaired) electrons. The molecular formula is C19H27F3N2O. The maximum Gasteiger partial charge on any atom is 0.416 e. The number of benzene rings is 1. The maximum absolute atomic E-state index is 13.1. The van der Waals surface area contributed by atoms with Crippen molar-refractivity contribution >= 4 is 5.91 Å². The molecule has 0 aromatic heterocycles. The molecular weight excluding hydrogens is 329 g/mol. The Labute approximate surface area is 147 Å². The Hall–Kier alpha value is -1.56. The summed E-state index contributed by atoms with van der Waals surface area (Å²) >= 11 is 0. The van der Waals surface area contributed by atoms with Gasteiger partial charge >= 0.3 is 6.18 Å². The zero-order chi connectivity index (χ0) is 18.8. The number of hydrogen-bond donors (Lipinski definition) is 1. The second kappa shape index (κ2) is 7.77. The lowest BCUT2D eigenvalue weighted by molar-refractivity contribution is -0.138. The monoisotopic (exact) mass is 356 g/mol. The average molecular weight is 356 g/mol. The van der Waals surface area contributed by atoms with Gasteiger partial charge in [-0.2, -0.15) is 13.2 Å². The summed E-state index contributed by atoms with van der Waals surface area (Å²) in [6, 6.07) is 6.32. The minimum atomic E-state index is -4.38. The third kappa shape index (κ3) is 4.97.